The average Bonchev–Trinajstić information content (AvgIpc) is 2.70. The van der Waals surface area contributed by atoms with E-state index >= 15 is 0 Å². The van der Waals surface area contributed by atoms with Crippen LogP contribution in [0.1, 0.15) is 17.0 Å². The van der Waals surface area contributed by atoms with E-state index in [2.05, 4.69) is 27.1 Å². The van der Waals surface area contributed by atoms with Crippen LogP contribution in [0.2, 0.25) is 0 Å². The molecule has 1 aromatic rings. The van der Waals surface area contributed by atoms with Gasteiger partial charge < -0.3 is 10.1 Å². The molecule has 6 heteroatoms. The van der Waals surface area contributed by atoms with Crippen molar-refractivity contribution >= 4 is 5.91 Å². The molecule has 0 aliphatic rings. The first kappa shape index (κ1) is 10.2. The number of nitrogens with one attached hydrogen (secondary N) is 2. The molecule has 1 heterocycles. The molecule has 0 radical (unpaired) electrons. The third-order valence-corrected chi connectivity index (χ3v) is 1.47. The predicted molar refractivity (Wildman–Crippen MR) is 49.5 cm³/mol. The quantitative estimate of drug-likeness (QED) is 0.499. The number of hydrogen-bond acceptors (Lipinski definition) is 4. The van der Waals surface area contributed by atoms with Crippen molar-refractivity contribution in [3.05, 3.63) is 25.0 Å². The van der Waals surface area contributed by atoms with Gasteiger partial charge in [-0.2, -0.15) is 5.10 Å². The predicted octanol–water partition coefficient (Wildman–Crippen LogP) is 0.0847. The number of carbonyl (C=O) groups is 1. The fraction of sp³-hybridized carbons (Fsp3) is 0.375. The van der Waals surface area contributed by atoms with E-state index in [-0.39, 0.29) is 11.7 Å². The van der Waals surface area contributed by atoms with Crippen LogP contribution in [-0.2, 0) is 4.74 Å². The number of nitrogens with zero attached hydrogens (tertiary/aromatic N) is 2. The molecule has 0 atom stereocenters. The molecular formula is C8H12N4O2. The fourth-order valence-electron chi connectivity index (χ4n) is 0.839. The van der Waals surface area contributed by atoms with Crippen molar-refractivity contribution < 1.29 is 9.53 Å². The number of aromatic nitrogens is 3. The minimum absolute atomic E-state index is 0.217. The lowest BCUT2D eigenvalue weighted by atomic mass is 10.4. The van der Waals surface area contributed by atoms with Crippen molar-refractivity contribution in [2.75, 3.05) is 13.2 Å². The van der Waals surface area contributed by atoms with Crippen LogP contribution >= 0.6 is 0 Å². The van der Waals surface area contributed by atoms with E-state index in [1.165, 1.54) is 12.6 Å². The Morgan fingerprint density at radius 1 is 1.79 bits per heavy atom. The van der Waals surface area contributed by atoms with E-state index in [0.717, 1.165) is 6.42 Å². The van der Waals surface area contributed by atoms with Gasteiger partial charge in [0, 0.05) is 6.54 Å². The fourth-order valence-corrected chi connectivity index (χ4v) is 0.839. The maximum atomic E-state index is 11.2. The van der Waals surface area contributed by atoms with Gasteiger partial charge in [0.05, 0.1) is 12.9 Å². The lowest BCUT2D eigenvalue weighted by Crippen LogP contribution is -2.26. The van der Waals surface area contributed by atoms with Crippen LogP contribution < -0.4 is 5.32 Å². The zero-order valence-electron chi connectivity index (χ0n) is 7.69. The summed E-state index contributed by atoms with van der Waals surface area (Å²) in [4.78, 5) is 14.9. The minimum Gasteiger partial charge on any atom is -0.502 e. The molecule has 0 fully saturated rings. The van der Waals surface area contributed by atoms with Gasteiger partial charge in [0.25, 0.3) is 5.91 Å². The number of H-pyrrole nitrogens is 1. The molecular weight excluding hydrogens is 184 g/mol. The van der Waals surface area contributed by atoms with Crippen molar-refractivity contribution in [2.24, 2.45) is 0 Å². The van der Waals surface area contributed by atoms with Gasteiger partial charge in [-0.25, -0.2) is 4.98 Å². The second kappa shape index (κ2) is 5.74. The Hall–Kier alpha value is -1.85. The lowest BCUT2D eigenvalue weighted by molar-refractivity contribution is 0.0940. The van der Waals surface area contributed by atoms with Gasteiger partial charge in [0.1, 0.15) is 6.33 Å². The molecule has 0 bridgehead atoms. The number of aromatic amines is 1. The molecule has 1 aromatic heterocycles. The summed E-state index contributed by atoms with van der Waals surface area (Å²) in [6, 6.07) is 0. The highest BCUT2D eigenvalue weighted by molar-refractivity contribution is 5.90. The summed E-state index contributed by atoms with van der Waals surface area (Å²) in [5, 5.41) is 8.69. The summed E-state index contributed by atoms with van der Waals surface area (Å²) in [6.45, 7) is 4.48. The van der Waals surface area contributed by atoms with E-state index in [4.69, 9.17) is 4.74 Å². The zero-order valence-corrected chi connectivity index (χ0v) is 7.69. The summed E-state index contributed by atoms with van der Waals surface area (Å²) in [5.74, 6) is -0.0456. The molecule has 1 rings (SSSR count). The molecule has 0 saturated heterocycles. The molecule has 0 unspecified atom stereocenters. The zero-order chi connectivity index (χ0) is 10.2. The van der Waals surface area contributed by atoms with Crippen molar-refractivity contribution in [3.63, 3.8) is 0 Å². The Morgan fingerprint density at radius 2 is 2.64 bits per heavy atom. The van der Waals surface area contributed by atoms with Crippen LogP contribution in [0.4, 0.5) is 0 Å². The highest BCUT2D eigenvalue weighted by Crippen LogP contribution is 1.86. The molecule has 14 heavy (non-hydrogen) atoms. The van der Waals surface area contributed by atoms with Gasteiger partial charge in [-0.15, -0.1) is 0 Å². The van der Waals surface area contributed by atoms with Crippen LogP contribution in [0.5, 0.6) is 0 Å². The minimum atomic E-state index is -0.263. The number of amides is 1. The van der Waals surface area contributed by atoms with E-state index in [0.29, 0.717) is 13.2 Å². The Morgan fingerprint density at radius 3 is 3.29 bits per heavy atom. The van der Waals surface area contributed by atoms with E-state index in [9.17, 15) is 4.79 Å². The smallest absolute Gasteiger partial charge is 0.288 e. The van der Waals surface area contributed by atoms with Crippen molar-refractivity contribution in [1.29, 1.82) is 0 Å². The standard InChI is InChI=1S/C8H12N4O2/c1-2-14-5-3-4-9-8(13)7-10-6-11-12-7/h2,6H,1,3-5H2,(H,9,13)(H,10,11,12). The number of carbonyl (C=O) groups excluding carboxylic acids is 1. The average molecular weight is 196 g/mol. The second-order valence-electron chi connectivity index (χ2n) is 2.48. The molecule has 0 aliphatic carbocycles. The Kier molecular flexibility index (Phi) is 4.19. The SMILES string of the molecule is C=COCCCNC(=O)c1ncn[nH]1. The largest absolute Gasteiger partial charge is 0.502 e. The van der Waals surface area contributed by atoms with Gasteiger partial charge >= 0.3 is 0 Å². The highest BCUT2D eigenvalue weighted by Gasteiger charge is 2.06. The maximum absolute atomic E-state index is 11.2. The van der Waals surface area contributed by atoms with Gasteiger partial charge in [-0.3, -0.25) is 9.89 Å². The summed E-state index contributed by atoms with van der Waals surface area (Å²) in [7, 11) is 0. The van der Waals surface area contributed by atoms with Crippen LogP contribution in [-0.4, -0.2) is 34.2 Å². The van der Waals surface area contributed by atoms with Gasteiger partial charge in [-0.1, -0.05) is 6.58 Å². The van der Waals surface area contributed by atoms with E-state index < -0.39 is 0 Å². The van der Waals surface area contributed by atoms with E-state index in [1.54, 1.807) is 0 Å². The first-order valence-electron chi connectivity index (χ1n) is 4.20. The van der Waals surface area contributed by atoms with E-state index in [1.807, 2.05) is 0 Å². The molecule has 76 valence electrons. The normalized spacial score (nSPS) is 9.43. The summed E-state index contributed by atoms with van der Waals surface area (Å²) in [6.07, 6.45) is 3.39. The lowest BCUT2D eigenvalue weighted by Gasteiger charge is -2.02. The first-order chi connectivity index (χ1) is 6.84. The van der Waals surface area contributed by atoms with Crippen LogP contribution in [0.15, 0.2) is 19.2 Å². The second-order valence-corrected chi connectivity index (χ2v) is 2.48. The van der Waals surface area contributed by atoms with Gasteiger partial charge in [0.15, 0.2) is 0 Å². The summed E-state index contributed by atoms with van der Waals surface area (Å²) < 4.78 is 4.88. The van der Waals surface area contributed by atoms with Gasteiger partial charge in [-0.05, 0) is 6.42 Å². The third-order valence-electron chi connectivity index (χ3n) is 1.47. The first-order valence-corrected chi connectivity index (χ1v) is 4.20. The van der Waals surface area contributed by atoms with Crippen LogP contribution in [0, 0.1) is 0 Å². The summed E-state index contributed by atoms with van der Waals surface area (Å²) in [5.41, 5.74) is 0. The van der Waals surface area contributed by atoms with Crippen molar-refractivity contribution in [3.8, 4) is 0 Å². The Labute approximate surface area is 81.4 Å². The van der Waals surface area contributed by atoms with Crippen LogP contribution in [0.3, 0.4) is 0 Å². The van der Waals surface area contributed by atoms with Crippen LogP contribution in [0.25, 0.3) is 0 Å². The number of ether oxygens (including phenoxy) is 1. The molecule has 0 spiro atoms. The number of rotatable bonds is 6. The third kappa shape index (κ3) is 3.26. The maximum Gasteiger partial charge on any atom is 0.288 e. The molecule has 0 saturated carbocycles. The Bertz CT molecular complexity index is 284. The van der Waals surface area contributed by atoms with Crippen molar-refractivity contribution in [1.82, 2.24) is 20.5 Å². The molecule has 6 nitrogen and oxygen atoms in total. The molecule has 1 amide bonds. The van der Waals surface area contributed by atoms with Gasteiger partial charge in [0.2, 0.25) is 5.82 Å². The Balaban J connectivity index is 2.13. The monoisotopic (exact) mass is 196 g/mol. The molecule has 2 N–H and O–H groups in total. The van der Waals surface area contributed by atoms with Crippen molar-refractivity contribution in [2.45, 2.75) is 6.42 Å². The highest BCUT2D eigenvalue weighted by atomic mass is 16.5. The summed E-state index contributed by atoms with van der Waals surface area (Å²) >= 11 is 0. The molecule has 0 aliphatic heterocycles. The topological polar surface area (TPSA) is 79.9 Å². The molecule has 0 aromatic carbocycles. The number of hydrogen-bond donors (Lipinski definition) is 2.